The highest BCUT2D eigenvalue weighted by molar-refractivity contribution is 7.89. The zero-order valence-electron chi connectivity index (χ0n) is 10.6. The number of nitrogens with two attached hydrogens (primary N) is 1. The number of sulfonamides is 1. The molecule has 2 N–H and O–H groups in total. The van der Waals surface area contributed by atoms with Crippen molar-refractivity contribution < 1.29 is 17.9 Å². The summed E-state index contributed by atoms with van der Waals surface area (Å²) in [6.07, 6.45) is -0.0389. The molecule has 1 aromatic rings. The van der Waals surface area contributed by atoms with E-state index in [-0.39, 0.29) is 18.9 Å². The van der Waals surface area contributed by atoms with Gasteiger partial charge in [0.25, 0.3) is 0 Å². The average Bonchev–Trinajstić information content (AvgIpc) is 2.71. The first-order chi connectivity index (χ1) is 8.90. The molecular weight excluding hydrogens is 268 g/mol. The number of rotatable bonds is 4. The van der Waals surface area contributed by atoms with E-state index < -0.39 is 15.3 Å². The molecule has 1 unspecified atom stereocenters. The van der Waals surface area contributed by atoms with Gasteiger partial charge in [0.2, 0.25) is 15.9 Å². The molecule has 0 spiro atoms. The third-order valence-electron chi connectivity index (χ3n) is 3.15. The zero-order chi connectivity index (χ0) is 14.0. The molecule has 7 heteroatoms. The Balaban J connectivity index is 2.09. The number of primary sulfonamides is 1. The fourth-order valence-corrected chi connectivity index (χ4v) is 2.86. The van der Waals surface area contributed by atoms with E-state index in [1.807, 2.05) is 24.3 Å². The number of methoxy groups -OCH3 is 1. The molecular formula is C12H16N2O4S. The standard InChI is InChI=1S/C12H16N2O4S/c1-18-10-4-2-3-9(5-10)7-14-8-11(6-12(14)15)19(13,16)17/h2-5,11H,6-8H2,1H3,(H2,13,16,17). The van der Waals surface area contributed by atoms with Crippen LogP contribution in [-0.2, 0) is 21.4 Å². The summed E-state index contributed by atoms with van der Waals surface area (Å²) in [6.45, 7) is 0.511. The first kappa shape index (κ1) is 13.8. The van der Waals surface area contributed by atoms with E-state index in [0.717, 1.165) is 5.56 Å². The Morgan fingerprint density at radius 2 is 2.21 bits per heavy atom. The largest absolute Gasteiger partial charge is 0.497 e. The number of likely N-dealkylation sites (tertiary alicyclic amines) is 1. The summed E-state index contributed by atoms with van der Waals surface area (Å²) in [7, 11) is -2.09. The van der Waals surface area contributed by atoms with Crippen molar-refractivity contribution in [1.82, 2.24) is 4.90 Å². The van der Waals surface area contributed by atoms with Crippen LogP contribution in [0.25, 0.3) is 0 Å². The number of amides is 1. The van der Waals surface area contributed by atoms with Crippen molar-refractivity contribution in [2.75, 3.05) is 13.7 Å². The van der Waals surface area contributed by atoms with E-state index in [4.69, 9.17) is 9.88 Å². The molecule has 0 saturated carbocycles. The third kappa shape index (κ3) is 3.24. The Kier molecular flexibility index (Phi) is 3.77. The zero-order valence-corrected chi connectivity index (χ0v) is 11.4. The van der Waals surface area contributed by atoms with Gasteiger partial charge in [0.05, 0.1) is 7.11 Å². The van der Waals surface area contributed by atoms with E-state index >= 15 is 0 Å². The molecule has 1 aliphatic heterocycles. The van der Waals surface area contributed by atoms with Crippen molar-refractivity contribution in [3.8, 4) is 5.75 Å². The van der Waals surface area contributed by atoms with Crippen LogP contribution in [0.4, 0.5) is 0 Å². The second-order valence-corrected chi connectivity index (χ2v) is 6.39. The molecule has 1 fully saturated rings. The molecule has 6 nitrogen and oxygen atoms in total. The van der Waals surface area contributed by atoms with Gasteiger partial charge >= 0.3 is 0 Å². The number of carbonyl (C=O) groups excluding carboxylic acids is 1. The molecule has 0 aliphatic carbocycles. The first-order valence-corrected chi connectivity index (χ1v) is 7.43. The lowest BCUT2D eigenvalue weighted by atomic mass is 10.2. The molecule has 1 aromatic carbocycles. The van der Waals surface area contributed by atoms with Gasteiger partial charge in [-0.2, -0.15) is 0 Å². The predicted molar refractivity (Wildman–Crippen MR) is 69.9 cm³/mol. The van der Waals surface area contributed by atoms with Gasteiger partial charge in [0.15, 0.2) is 0 Å². The van der Waals surface area contributed by atoms with Crippen molar-refractivity contribution >= 4 is 15.9 Å². The van der Waals surface area contributed by atoms with Crippen molar-refractivity contribution in [3.63, 3.8) is 0 Å². The molecule has 0 radical (unpaired) electrons. The molecule has 1 saturated heterocycles. The van der Waals surface area contributed by atoms with Crippen LogP contribution in [0.3, 0.4) is 0 Å². The van der Waals surface area contributed by atoms with Crippen molar-refractivity contribution in [1.29, 1.82) is 0 Å². The van der Waals surface area contributed by atoms with Crippen LogP contribution in [0.2, 0.25) is 0 Å². The molecule has 1 amide bonds. The fourth-order valence-electron chi connectivity index (χ4n) is 2.10. The van der Waals surface area contributed by atoms with E-state index in [1.165, 1.54) is 4.90 Å². The van der Waals surface area contributed by atoms with Crippen molar-refractivity contribution in [2.24, 2.45) is 5.14 Å². The van der Waals surface area contributed by atoms with Crippen LogP contribution in [-0.4, -0.2) is 38.1 Å². The molecule has 1 aliphatic rings. The number of ether oxygens (including phenoxy) is 1. The Labute approximate surface area is 112 Å². The minimum atomic E-state index is -3.66. The van der Waals surface area contributed by atoms with E-state index in [2.05, 4.69) is 0 Å². The number of nitrogens with zero attached hydrogens (tertiary/aromatic N) is 1. The van der Waals surface area contributed by atoms with Gasteiger partial charge in [-0.15, -0.1) is 0 Å². The highest BCUT2D eigenvalue weighted by Gasteiger charge is 2.36. The SMILES string of the molecule is COc1cccc(CN2CC(S(N)(=O)=O)CC2=O)c1. The predicted octanol–water partition coefficient (Wildman–Crippen LogP) is 0.0846. The maximum atomic E-state index is 11.8. The first-order valence-electron chi connectivity index (χ1n) is 5.82. The van der Waals surface area contributed by atoms with Crippen molar-refractivity contribution in [2.45, 2.75) is 18.2 Å². The number of hydrogen-bond donors (Lipinski definition) is 1. The number of benzene rings is 1. The van der Waals surface area contributed by atoms with Crippen LogP contribution >= 0.6 is 0 Å². The lowest BCUT2D eigenvalue weighted by Crippen LogP contribution is -2.31. The Bertz CT molecular complexity index is 585. The summed E-state index contributed by atoms with van der Waals surface area (Å²) in [5, 5.41) is 4.28. The molecule has 0 aromatic heterocycles. The van der Waals surface area contributed by atoms with Gasteiger partial charge in [-0.25, -0.2) is 13.6 Å². The minimum Gasteiger partial charge on any atom is -0.497 e. The highest BCUT2D eigenvalue weighted by atomic mass is 32.2. The van der Waals surface area contributed by atoms with Gasteiger partial charge in [-0.1, -0.05) is 12.1 Å². The molecule has 104 valence electrons. The van der Waals surface area contributed by atoms with Crippen LogP contribution in [0, 0.1) is 0 Å². The second kappa shape index (κ2) is 5.18. The second-order valence-electron chi connectivity index (χ2n) is 4.54. The molecule has 19 heavy (non-hydrogen) atoms. The summed E-state index contributed by atoms with van der Waals surface area (Å²) in [6, 6.07) is 7.31. The number of hydrogen-bond acceptors (Lipinski definition) is 4. The average molecular weight is 284 g/mol. The Morgan fingerprint density at radius 3 is 2.79 bits per heavy atom. The van der Waals surface area contributed by atoms with Crippen LogP contribution in [0.1, 0.15) is 12.0 Å². The maximum absolute atomic E-state index is 11.8. The molecule has 1 atom stereocenters. The van der Waals surface area contributed by atoms with Crippen LogP contribution in [0.5, 0.6) is 5.75 Å². The van der Waals surface area contributed by atoms with Crippen molar-refractivity contribution in [3.05, 3.63) is 29.8 Å². The monoisotopic (exact) mass is 284 g/mol. The molecule has 2 rings (SSSR count). The fraction of sp³-hybridized carbons (Fsp3) is 0.417. The van der Waals surface area contributed by atoms with Gasteiger partial charge in [0, 0.05) is 19.5 Å². The summed E-state index contributed by atoms with van der Waals surface area (Å²) in [4.78, 5) is 13.3. The number of carbonyl (C=O) groups is 1. The third-order valence-corrected chi connectivity index (χ3v) is 4.40. The van der Waals surface area contributed by atoms with E-state index in [0.29, 0.717) is 12.3 Å². The summed E-state index contributed by atoms with van der Waals surface area (Å²) in [5.41, 5.74) is 0.891. The van der Waals surface area contributed by atoms with Gasteiger partial charge < -0.3 is 9.64 Å². The summed E-state index contributed by atoms with van der Waals surface area (Å²) < 4.78 is 27.6. The lowest BCUT2D eigenvalue weighted by molar-refractivity contribution is -0.128. The Hall–Kier alpha value is -1.60. The normalized spacial score (nSPS) is 19.8. The molecule has 1 heterocycles. The maximum Gasteiger partial charge on any atom is 0.224 e. The summed E-state index contributed by atoms with van der Waals surface area (Å²) >= 11 is 0. The van der Waals surface area contributed by atoms with Gasteiger partial charge in [-0.3, -0.25) is 4.79 Å². The van der Waals surface area contributed by atoms with E-state index in [9.17, 15) is 13.2 Å². The topological polar surface area (TPSA) is 89.7 Å². The quantitative estimate of drug-likeness (QED) is 0.848. The van der Waals surface area contributed by atoms with Gasteiger partial charge in [-0.05, 0) is 17.7 Å². The Morgan fingerprint density at radius 1 is 1.47 bits per heavy atom. The van der Waals surface area contributed by atoms with Crippen LogP contribution in [0.15, 0.2) is 24.3 Å². The highest BCUT2D eigenvalue weighted by Crippen LogP contribution is 2.20. The van der Waals surface area contributed by atoms with Crippen LogP contribution < -0.4 is 9.88 Å². The van der Waals surface area contributed by atoms with Gasteiger partial charge in [0.1, 0.15) is 11.0 Å². The molecule has 0 bridgehead atoms. The minimum absolute atomic E-state index is 0.0389. The summed E-state index contributed by atoms with van der Waals surface area (Å²) in [5.74, 6) is 0.508. The lowest BCUT2D eigenvalue weighted by Gasteiger charge is -2.16. The van der Waals surface area contributed by atoms with E-state index in [1.54, 1.807) is 7.11 Å². The smallest absolute Gasteiger partial charge is 0.224 e.